The van der Waals surface area contributed by atoms with Crippen LogP contribution in [0.25, 0.3) is 5.69 Å². The van der Waals surface area contributed by atoms with E-state index in [4.69, 9.17) is 26.4 Å². The van der Waals surface area contributed by atoms with Gasteiger partial charge in [0.15, 0.2) is 4.77 Å². The van der Waals surface area contributed by atoms with Crippen molar-refractivity contribution in [1.82, 2.24) is 14.5 Å². The van der Waals surface area contributed by atoms with Crippen LogP contribution in [0.3, 0.4) is 0 Å². The number of benzene rings is 1. The van der Waals surface area contributed by atoms with Gasteiger partial charge < -0.3 is 24.4 Å². The quantitative estimate of drug-likeness (QED) is 0.542. The van der Waals surface area contributed by atoms with Crippen molar-refractivity contribution in [3.63, 3.8) is 0 Å². The number of pyridine rings is 1. The molecule has 0 aliphatic carbocycles. The predicted octanol–water partition coefficient (Wildman–Crippen LogP) is 2.65. The summed E-state index contributed by atoms with van der Waals surface area (Å²) in [6, 6.07) is 4.97. The number of aromatic nitrogens is 3. The Balaban J connectivity index is 1.99. The molecule has 1 aromatic carbocycles. The van der Waals surface area contributed by atoms with Gasteiger partial charge in [-0.3, -0.25) is 19.3 Å². The molecule has 3 N–H and O–H groups in total. The Morgan fingerprint density at radius 3 is 2.73 bits per heavy atom. The number of aryl methyl sites for hydroxylation is 1. The number of rotatable bonds is 4. The molecule has 0 fully saturated rings. The molecule has 0 spiro atoms. The number of aromatic amines is 1. The van der Waals surface area contributed by atoms with E-state index < -0.39 is 17.5 Å². The first-order valence-corrected chi connectivity index (χ1v) is 9.37. The number of hydrogen-bond donors (Lipinski definition) is 3. The molecule has 4 rings (SSSR count). The van der Waals surface area contributed by atoms with Gasteiger partial charge in [-0.05, 0) is 31.3 Å². The molecule has 1 aliphatic heterocycles. The number of fused-ring (bicyclic) bond motifs is 1. The van der Waals surface area contributed by atoms with Gasteiger partial charge in [-0.2, -0.15) is 0 Å². The maximum atomic E-state index is 12.8. The van der Waals surface area contributed by atoms with Crippen molar-refractivity contribution in [3.05, 3.63) is 61.9 Å². The summed E-state index contributed by atoms with van der Waals surface area (Å²) in [4.78, 5) is 19.5. The van der Waals surface area contributed by atoms with Gasteiger partial charge in [0.2, 0.25) is 5.88 Å². The molecule has 0 unspecified atom stereocenters. The zero-order valence-corrected chi connectivity index (χ0v) is 17.2. The summed E-state index contributed by atoms with van der Waals surface area (Å²) in [5, 5.41) is 21.7. The van der Waals surface area contributed by atoms with E-state index in [0.29, 0.717) is 34.0 Å². The normalized spacial score (nSPS) is 15.1. The summed E-state index contributed by atoms with van der Waals surface area (Å²) in [5.41, 5.74) is 1.07. The number of nitrogens with zero attached hydrogens (tertiary/aromatic N) is 2. The highest BCUT2D eigenvalue weighted by Crippen LogP contribution is 2.43. The second-order valence-corrected chi connectivity index (χ2v) is 7.08. The molecule has 2 aromatic heterocycles. The smallest absolute Gasteiger partial charge is 0.261 e. The number of aromatic hydroxyl groups is 2. The Kier molecular flexibility index (Phi) is 4.96. The summed E-state index contributed by atoms with van der Waals surface area (Å²) in [5.74, 6) is 0.390. The molecule has 0 amide bonds. The fourth-order valence-corrected chi connectivity index (χ4v) is 3.79. The van der Waals surface area contributed by atoms with Crippen LogP contribution in [0, 0.1) is 11.7 Å². The molecule has 0 radical (unpaired) electrons. The van der Waals surface area contributed by atoms with Gasteiger partial charge in [0.05, 0.1) is 32.2 Å². The maximum Gasteiger partial charge on any atom is 0.261 e. The van der Waals surface area contributed by atoms with E-state index in [0.717, 1.165) is 0 Å². The monoisotopic (exact) mass is 429 g/mol. The lowest BCUT2D eigenvalue weighted by Gasteiger charge is -2.19. The van der Waals surface area contributed by atoms with Crippen LogP contribution in [0.4, 0.5) is 0 Å². The minimum Gasteiger partial charge on any atom is -0.506 e. The predicted molar refractivity (Wildman–Crippen MR) is 109 cm³/mol. The summed E-state index contributed by atoms with van der Waals surface area (Å²) in [6.45, 7) is 1.78. The molecule has 0 saturated heterocycles. The largest absolute Gasteiger partial charge is 0.506 e. The van der Waals surface area contributed by atoms with E-state index in [1.54, 1.807) is 31.3 Å². The molecule has 10 heteroatoms. The van der Waals surface area contributed by atoms with Gasteiger partial charge in [0.25, 0.3) is 5.56 Å². The third-order valence-electron chi connectivity index (χ3n) is 5.04. The van der Waals surface area contributed by atoms with Gasteiger partial charge in [0.1, 0.15) is 28.9 Å². The van der Waals surface area contributed by atoms with Crippen LogP contribution in [0.1, 0.15) is 28.5 Å². The fourth-order valence-electron chi connectivity index (χ4n) is 3.51. The molecule has 156 valence electrons. The second kappa shape index (κ2) is 7.47. The average molecular weight is 429 g/mol. The third-order valence-corrected chi connectivity index (χ3v) is 5.32. The van der Waals surface area contributed by atoms with Gasteiger partial charge in [-0.15, -0.1) is 0 Å². The van der Waals surface area contributed by atoms with Crippen LogP contribution < -0.4 is 15.0 Å². The molecule has 3 aromatic rings. The maximum absolute atomic E-state index is 12.8. The lowest BCUT2D eigenvalue weighted by Crippen LogP contribution is -2.22. The molecule has 0 saturated carbocycles. The number of ether oxygens (including phenoxy) is 3. The van der Waals surface area contributed by atoms with Crippen molar-refractivity contribution < 1.29 is 24.4 Å². The molecule has 30 heavy (non-hydrogen) atoms. The van der Waals surface area contributed by atoms with E-state index in [2.05, 4.69) is 9.97 Å². The first kappa shape index (κ1) is 19.9. The Labute approximate surface area is 176 Å². The standard InChI is InChI=1S/C20H19N3O6S/c1-9-16(24)14-10(7-21-9)8-29-17(14)15-18(25)22-20(30)23(19(15)26)12-6-11(27-2)4-5-13(12)28-3/h4-7,17,24,26H,8H2,1-3H3,(H,22,25,30)/t17-/m0/s1. The average Bonchev–Trinajstić information content (AvgIpc) is 3.14. The number of H-pyrrole nitrogens is 1. The van der Waals surface area contributed by atoms with Crippen molar-refractivity contribution in [1.29, 1.82) is 0 Å². The Hall–Kier alpha value is -3.37. The highest BCUT2D eigenvalue weighted by atomic mass is 32.1. The highest BCUT2D eigenvalue weighted by Gasteiger charge is 2.35. The Bertz CT molecular complexity index is 1270. The van der Waals surface area contributed by atoms with Crippen LogP contribution in [0.5, 0.6) is 23.1 Å². The number of methoxy groups -OCH3 is 2. The van der Waals surface area contributed by atoms with Gasteiger partial charge in [-0.1, -0.05) is 0 Å². The Morgan fingerprint density at radius 1 is 1.27 bits per heavy atom. The van der Waals surface area contributed by atoms with Crippen molar-refractivity contribution in [3.8, 4) is 28.8 Å². The van der Waals surface area contributed by atoms with Crippen molar-refractivity contribution in [2.24, 2.45) is 0 Å². The van der Waals surface area contributed by atoms with E-state index in [1.807, 2.05) is 0 Å². The zero-order chi connectivity index (χ0) is 21.6. The lowest BCUT2D eigenvalue weighted by atomic mass is 10.00. The van der Waals surface area contributed by atoms with Crippen molar-refractivity contribution >= 4 is 12.2 Å². The van der Waals surface area contributed by atoms with Gasteiger partial charge in [-0.25, -0.2) is 0 Å². The van der Waals surface area contributed by atoms with Crippen LogP contribution in [-0.4, -0.2) is 39.0 Å². The summed E-state index contributed by atoms with van der Waals surface area (Å²) in [7, 11) is 2.98. The molecule has 1 atom stereocenters. The van der Waals surface area contributed by atoms with Crippen LogP contribution in [-0.2, 0) is 11.3 Å². The van der Waals surface area contributed by atoms with Gasteiger partial charge in [0, 0.05) is 23.4 Å². The topological polar surface area (TPSA) is 119 Å². The van der Waals surface area contributed by atoms with Crippen molar-refractivity contribution in [2.75, 3.05) is 14.2 Å². The van der Waals surface area contributed by atoms with E-state index >= 15 is 0 Å². The fraction of sp³-hybridized carbons (Fsp3) is 0.250. The molecule has 0 bridgehead atoms. The first-order chi connectivity index (χ1) is 14.4. The Morgan fingerprint density at radius 2 is 2.03 bits per heavy atom. The first-order valence-electron chi connectivity index (χ1n) is 8.96. The summed E-state index contributed by atoms with van der Waals surface area (Å²) < 4.78 is 17.6. The third kappa shape index (κ3) is 3.01. The number of hydrogen-bond acceptors (Lipinski definition) is 8. The molecule has 1 aliphatic rings. The van der Waals surface area contributed by atoms with E-state index in [-0.39, 0.29) is 22.7 Å². The van der Waals surface area contributed by atoms with E-state index in [9.17, 15) is 15.0 Å². The zero-order valence-electron chi connectivity index (χ0n) is 16.4. The lowest BCUT2D eigenvalue weighted by molar-refractivity contribution is 0.0892. The van der Waals surface area contributed by atoms with Crippen LogP contribution in [0.15, 0.2) is 29.2 Å². The SMILES string of the molecule is COc1ccc(OC)c(-n2c(O)c([C@H]3OCc4cnc(C)c(O)c43)c(=O)[nH]c2=S)c1. The van der Waals surface area contributed by atoms with Crippen LogP contribution in [0.2, 0.25) is 0 Å². The molecular weight excluding hydrogens is 410 g/mol. The van der Waals surface area contributed by atoms with Gasteiger partial charge >= 0.3 is 0 Å². The second-order valence-electron chi connectivity index (χ2n) is 6.69. The molecule has 3 heterocycles. The summed E-state index contributed by atoms with van der Waals surface area (Å²) >= 11 is 5.31. The summed E-state index contributed by atoms with van der Waals surface area (Å²) in [6.07, 6.45) is 0.583. The number of nitrogens with one attached hydrogen (secondary N) is 1. The minimum atomic E-state index is -0.996. The van der Waals surface area contributed by atoms with Crippen LogP contribution >= 0.6 is 12.2 Å². The van der Waals surface area contributed by atoms with Crippen molar-refractivity contribution in [2.45, 2.75) is 19.6 Å². The minimum absolute atomic E-state index is 0.0406. The molecule has 9 nitrogen and oxygen atoms in total. The van der Waals surface area contributed by atoms with E-state index in [1.165, 1.54) is 18.8 Å². The highest BCUT2D eigenvalue weighted by molar-refractivity contribution is 7.71. The molecular formula is C20H19N3O6S.